The molecule has 10 heteroatoms. The SMILES string of the molecule is CCC(C)C(N)C(=O)NCC(=O)N1CCCC1C(=O)NC(CO)C(=O)O. The van der Waals surface area contributed by atoms with Gasteiger partial charge in [-0.05, 0) is 18.8 Å². The number of hydrogen-bond acceptors (Lipinski definition) is 6. The Balaban J connectivity index is 2.61. The number of carbonyl (C=O) groups excluding carboxylic acids is 3. The molecule has 0 aromatic heterocycles. The highest BCUT2D eigenvalue weighted by Gasteiger charge is 2.35. The first-order chi connectivity index (χ1) is 12.2. The number of carbonyl (C=O) groups is 4. The molecule has 1 aliphatic heterocycles. The third-order valence-corrected chi connectivity index (χ3v) is 4.65. The predicted molar refractivity (Wildman–Crippen MR) is 91.8 cm³/mol. The molecule has 1 saturated heterocycles. The van der Waals surface area contributed by atoms with Gasteiger partial charge < -0.3 is 31.5 Å². The minimum absolute atomic E-state index is 0.0261. The van der Waals surface area contributed by atoms with Crippen molar-refractivity contribution in [3.63, 3.8) is 0 Å². The molecule has 0 aromatic rings. The molecule has 10 nitrogen and oxygen atoms in total. The van der Waals surface area contributed by atoms with Crippen molar-refractivity contribution in [1.29, 1.82) is 0 Å². The molecule has 148 valence electrons. The van der Waals surface area contributed by atoms with E-state index in [4.69, 9.17) is 15.9 Å². The van der Waals surface area contributed by atoms with Gasteiger partial charge in [0.25, 0.3) is 0 Å². The summed E-state index contributed by atoms with van der Waals surface area (Å²) in [7, 11) is 0. The van der Waals surface area contributed by atoms with E-state index in [0.29, 0.717) is 19.4 Å². The predicted octanol–water partition coefficient (Wildman–Crippen LogP) is -1.97. The summed E-state index contributed by atoms with van der Waals surface area (Å²) in [5.41, 5.74) is 5.80. The van der Waals surface area contributed by atoms with E-state index in [2.05, 4.69) is 10.6 Å². The van der Waals surface area contributed by atoms with Gasteiger partial charge in [0.1, 0.15) is 12.1 Å². The minimum Gasteiger partial charge on any atom is -0.480 e. The lowest BCUT2D eigenvalue weighted by atomic mass is 9.99. The molecule has 0 bridgehead atoms. The lowest BCUT2D eigenvalue weighted by molar-refractivity contribution is -0.145. The lowest BCUT2D eigenvalue weighted by Crippen LogP contribution is -2.54. The molecule has 4 unspecified atom stereocenters. The molecular formula is C16H28N4O6. The first kappa shape index (κ1) is 21.8. The number of carboxylic acids is 1. The molecule has 3 amide bonds. The quantitative estimate of drug-likeness (QED) is 0.313. The Kier molecular flexibility index (Phi) is 8.46. The molecular weight excluding hydrogens is 344 g/mol. The van der Waals surface area contributed by atoms with Gasteiger partial charge in [0.05, 0.1) is 19.2 Å². The first-order valence-corrected chi connectivity index (χ1v) is 8.69. The van der Waals surface area contributed by atoms with E-state index in [1.807, 2.05) is 13.8 Å². The Bertz CT molecular complexity index is 541. The van der Waals surface area contributed by atoms with Gasteiger partial charge in [-0.25, -0.2) is 4.79 Å². The summed E-state index contributed by atoms with van der Waals surface area (Å²) in [6, 6.07) is -2.96. The third kappa shape index (κ3) is 5.67. The monoisotopic (exact) mass is 372 g/mol. The average Bonchev–Trinajstić information content (AvgIpc) is 3.11. The Morgan fingerprint density at radius 3 is 2.50 bits per heavy atom. The van der Waals surface area contributed by atoms with Crippen LogP contribution in [0.5, 0.6) is 0 Å². The van der Waals surface area contributed by atoms with Gasteiger partial charge in [-0.15, -0.1) is 0 Å². The van der Waals surface area contributed by atoms with Crippen LogP contribution in [-0.4, -0.2) is 76.6 Å². The van der Waals surface area contributed by atoms with E-state index >= 15 is 0 Å². The molecule has 0 aromatic carbocycles. The van der Waals surface area contributed by atoms with Crippen LogP contribution in [0.3, 0.4) is 0 Å². The maximum absolute atomic E-state index is 12.3. The van der Waals surface area contributed by atoms with Crippen molar-refractivity contribution in [3.8, 4) is 0 Å². The van der Waals surface area contributed by atoms with Crippen LogP contribution in [0.1, 0.15) is 33.1 Å². The van der Waals surface area contributed by atoms with Crippen LogP contribution in [0.15, 0.2) is 0 Å². The number of aliphatic carboxylic acids is 1. The average molecular weight is 372 g/mol. The summed E-state index contributed by atoms with van der Waals surface area (Å²) in [6.07, 6.45) is 1.70. The third-order valence-electron chi connectivity index (χ3n) is 4.65. The fourth-order valence-corrected chi connectivity index (χ4v) is 2.69. The first-order valence-electron chi connectivity index (χ1n) is 8.69. The number of nitrogens with two attached hydrogens (primary N) is 1. The molecule has 0 saturated carbocycles. The highest BCUT2D eigenvalue weighted by molar-refractivity contribution is 5.93. The maximum atomic E-state index is 12.3. The van der Waals surface area contributed by atoms with Crippen LogP contribution in [0.4, 0.5) is 0 Å². The normalized spacial score (nSPS) is 20.2. The highest BCUT2D eigenvalue weighted by Crippen LogP contribution is 2.17. The fourth-order valence-electron chi connectivity index (χ4n) is 2.69. The summed E-state index contributed by atoms with van der Waals surface area (Å²) in [5.74, 6) is -2.90. The van der Waals surface area contributed by atoms with Crippen LogP contribution < -0.4 is 16.4 Å². The Morgan fingerprint density at radius 2 is 1.96 bits per heavy atom. The number of nitrogens with zero attached hydrogens (tertiary/aromatic N) is 1. The number of rotatable bonds is 9. The van der Waals surface area contributed by atoms with E-state index in [1.165, 1.54) is 4.90 Å². The Hall–Kier alpha value is -2.20. The topological polar surface area (TPSA) is 162 Å². The molecule has 1 aliphatic rings. The van der Waals surface area contributed by atoms with Gasteiger partial charge in [-0.2, -0.15) is 0 Å². The number of amides is 3. The summed E-state index contributed by atoms with van der Waals surface area (Å²) in [4.78, 5) is 48.7. The van der Waals surface area contributed by atoms with Gasteiger partial charge in [0, 0.05) is 6.54 Å². The van der Waals surface area contributed by atoms with Gasteiger partial charge in [0.2, 0.25) is 17.7 Å². The minimum atomic E-state index is -1.42. The second-order valence-corrected chi connectivity index (χ2v) is 6.46. The standard InChI is InChI=1S/C16H28N4O6/c1-3-9(2)13(17)15(24)18-7-12(22)20-6-4-5-11(20)14(23)19-10(8-21)16(25)26/h9-11,13,21H,3-8,17H2,1-2H3,(H,18,24)(H,19,23)(H,25,26). The van der Waals surface area contributed by atoms with Crippen molar-refractivity contribution in [1.82, 2.24) is 15.5 Å². The number of likely N-dealkylation sites (tertiary alicyclic amines) is 1. The zero-order chi connectivity index (χ0) is 19.9. The van der Waals surface area contributed by atoms with Crippen molar-refractivity contribution in [2.75, 3.05) is 19.7 Å². The summed E-state index contributed by atoms with van der Waals surface area (Å²) >= 11 is 0. The number of nitrogens with one attached hydrogen (secondary N) is 2. The van der Waals surface area contributed by atoms with E-state index in [9.17, 15) is 19.2 Å². The molecule has 1 rings (SSSR count). The zero-order valence-electron chi connectivity index (χ0n) is 15.1. The molecule has 4 atom stereocenters. The number of carboxylic acid groups (broad SMARTS) is 1. The van der Waals surface area contributed by atoms with Crippen LogP contribution in [0.2, 0.25) is 0 Å². The number of aliphatic hydroxyl groups excluding tert-OH is 1. The zero-order valence-corrected chi connectivity index (χ0v) is 15.1. The molecule has 0 spiro atoms. The second kappa shape index (κ2) is 10.1. The van der Waals surface area contributed by atoms with Crippen molar-refractivity contribution < 1.29 is 29.4 Å². The van der Waals surface area contributed by atoms with Gasteiger partial charge in [-0.1, -0.05) is 20.3 Å². The smallest absolute Gasteiger partial charge is 0.328 e. The van der Waals surface area contributed by atoms with Crippen molar-refractivity contribution >= 4 is 23.7 Å². The van der Waals surface area contributed by atoms with E-state index in [1.54, 1.807) is 0 Å². The lowest BCUT2D eigenvalue weighted by Gasteiger charge is -2.25. The van der Waals surface area contributed by atoms with Gasteiger partial charge >= 0.3 is 5.97 Å². The fraction of sp³-hybridized carbons (Fsp3) is 0.750. The molecule has 0 aliphatic carbocycles. The number of hydrogen-bond donors (Lipinski definition) is 5. The molecule has 26 heavy (non-hydrogen) atoms. The van der Waals surface area contributed by atoms with Crippen molar-refractivity contribution in [3.05, 3.63) is 0 Å². The van der Waals surface area contributed by atoms with E-state index in [0.717, 1.165) is 6.42 Å². The summed E-state index contributed by atoms with van der Waals surface area (Å²) in [5, 5.41) is 22.6. The maximum Gasteiger partial charge on any atom is 0.328 e. The van der Waals surface area contributed by atoms with E-state index in [-0.39, 0.29) is 12.5 Å². The molecule has 1 fully saturated rings. The Labute approximate surface area is 152 Å². The highest BCUT2D eigenvalue weighted by atomic mass is 16.4. The van der Waals surface area contributed by atoms with Crippen LogP contribution in [-0.2, 0) is 19.2 Å². The van der Waals surface area contributed by atoms with E-state index < -0.39 is 48.4 Å². The molecule has 0 radical (unpaired) electrons. The van der Waals surface area contributed by atoms with Crippen LogP contribution >= 0.6 is 0 Å². The Morgan fingerprint density at radius 1 is 1.31 bits per heavy atom. The summed E-state index contributed by atoms with van der Waals surface area (Å²) < 4.78 is 0. The van der Waals surface area contributed by atoms with Crippen molar-refractivity contribution in [2.45, 2.75) is 51.2 Å². The van der Waals surface area contributed by atoms with Crippen molar-refractivity contribution in [2.24, 2.45) is 11.7 Å². The van der Waals surface area contributed by atoms with Gasteiger partial charge in [-0.3, -0.25) is 14.4 Å². The molecule has 6 N–H and O–H groups in total. The van der Waals surface area contributed by atoms with Crippen LogP contribution in [0, 0.1) is 5.92 Å². The summed E-state index contributed by atoms with van der Waals surface area (Å²) in [6.45, 7) is 3.06. The number of aliphatic hydroxyl groups is 1. The largest absolute Gasteiger partial charge is 0.480 e. The van der Waals surface area contributed by atoms with Gasteiger partial charge in [0.15, 0.2) is 0 Å². The molecule has 1 heterocycles. The second-order valence-electron chi connectivity index (χ2n) is 6.46. The van der Waals surface area contributed by atoms with Crippen LogP contribution in [0.25, 0.3) is 0 Å².